The van der Waals surface area contributed by atoms with Gasteiger partial charge in [0.1, 0.15) is 6.04 Å². The number of nitrogens with zero attached hydrogens (tertiary/aromatic N) is 4. The molecule has 0 bridgehead atoms. The molecule has 2 aromatic rings. The summed E-state index contributed by atoms with van der Waals surface area (Å²) in [7, 11) is 0. The Hall–Kier alpha value is -2.78. The number of carbonyl (C=O) groups excluding carboxylic acids is 1. The molecule has 1 fully saturated rings. The van der Waals surface area contributed by atoms with E-state index in [0.29, 0.717) is 0 Å². The molecule has 2 aromatic carbocycles. The van der Waals surface area contributed by atoms with E-state index in [0.717, 1.165) is 11.3 Å². The molecule has 0 saturated carbocycles. The highest BCUT2D eigenvalue weighted by Crippen LogP contribution is 2.40. The van der Waals surface area contributed by atoms with Gasteiger partial charge in [-0.2, -0.15) is 0 Å². The molecule has 20 heavy (non-hydrogen) atoms. The predicted molar refractivity (Wildman–Crippen MR) is 76.0 cm³/mol. The van der Waals surface area contributed by atoms with Crippen molar-refractivity contribution < 1.29 is 4.79 Å². The molecule has 0 aliphatic carbocycles. The second-order valence-electron chi connectivity index (χ2n) is 4.55. The number of carbonyl (C=O) groups is 1. The van der Waals surface area contributed by atoms with Crippen LogP contribution in [0.3, 0.4) is 0 Å². The van der Waals surface area contributed by atoms with Gasteiger partial charge >= 0.3 is 0 Å². The first-order valence-electron chi connectivity index (χ1n) is 6.30. The van der Waals surface area contributed by atoms with E-state index < -0.39 is 6.04 Å². The SMILES string of the molecule is [N-]=[N+]=N[C@@H]1C(=O)N(c2ccccc2)[C@@H]1c1ccccc1. The number of β-lactam (4-membered cyclic amide) rings is 1. The quantitative estimate of drug-likeness (QED) is 0.362. The van der Waals surface area contributed by atoms with Crippen LogP contribution in [0.2, 0.25) is 0 Å². The third-order valence-electron chi connectivity index (χ3n) is 3.42. The zero-order valence-corrected chi connectivity index (χ0v) is 10.6. The van der Waals surface area contributed by atoms with Crippen LogP contribution in [0.4, 0.5) is 5.69 Å². The van der Waals surface area contributed by atoms with E-state index in [9.17, 15) is 4.79 Å². The molecule has 2 atom stereocenters. The maximum atomic E-state index is 12.2. The van der Waals surface area contributed by atoms with Crippen LogP contribution in [0, 0.1) is 0 Å². The Morgan fingerprint density at radius 1 is 1.00 bits per heavy atom. The fraction of sp³-hybridized carbons (Fsp3) is 0.133. The number of anilines is 1. The van der Waals surface area contributed by atoms with Crippen molar-refractivity contribution in [2.45, 2.75) is 12.1 Å². The van der Waals surface area contributed by atoms with Gasteiger partial charge in [0, 0.05) is 10.6 Å². The lowest BCUT2D eigenvalue weighted by Gasteiger charge is -2.45. The van der Waals surface area contributed by atoms with Crippen LogP contribution in [0.5, 0.6) is 0 Å². The summed E-state index contributed by atoms with van der Waals surface area (Å²) < 4.78 is 0. The van der Waals surface area contributed by atoms with Crippen LogP contribution in [0.15, 0.2) is 65.8 Å². The fourth-order valence-corrected chi connectivity index (χ4v) is 2.50. The van der Waals surface area contributed by atoms with Crippen molar-refractivity contribution in [1.82, 2.24) is 0 Å². The molecule has 1 aliphatic heterocycles. The van der Waals surface area contributed by atoms with Gasteiger partial charge in [-0.1, -0.05) is 53.6 Å². The highest BCUT2D eigenvalue weighted by atomic mass is 16.2. The second-order valence-corrected chi connectivity index (χ2v) is 4.55. The molecule has 98 valence electrons. The van der Waals surface area contributed by atoms with E-state index in [1.165, 1.54) is 0 Å². The Bertz CT molecular complexity index is 665. The number of rotatable bonds is 3. The average molecular weight is 264 g/mol. The van der Waals surface area contributed by atoms with E-state index in [1.807, 2.05) is 60.7 Å². The molecule has 1 amide bonds. The molecule has 5 heteroatoms. The van der Waals surface area contributed by atoms with Gasteiger partial charge in [0.15, 0.2) is 0 Å². The number of para-hydroxylation sites is 1. The molecule has 3 rings (SSSR count). The Morgan fingerprint density at radius 2 is 1.60 bits per heavy atom. The van der Waals surface area contributed by atoms with Crippen molar-refractivity contribution >= 4 is 11.6 Å². The average Bonchev–Trinajstić information content (AvgIpc) is 2.51. The van der Waals surface area contributed by atoms with Crippen LogP contribution in [-0.4, -0.2) is 11.9 Å². The van der Waals surface area contributed by atoms with Crippen LogP contribution in [0.1, 0.15) is 11.6 Å². The molecule has 0 aromatic heterocycles. The largest absolute Gasteiger partial charge is 0.304 e. The minimum atomic E-state index is -0.664. The Balaban J connectivity index is 2.01. The molecular weight excluding hydrogens is 252 g/mol. The van der Waals surface area contributed by atoms with Crippen LogP contribution < -0.4 is 4.90 Å². The monoisotopic (exact) mass is 264 g/mol. The van der Waals surface area contributed by atoms with Crippen LogP contribution in [0.25, 0.3) is 10.4 Å². The first-order valence-corrected chi connectivity index (χ1v) is 6.30. The molecular formula is C15H12N4O. The van der Waals surface area contributed by atoms with Gasteiger partial charge in [-0.15, -0.1) is 0 Å². The second kappa shape index (κ2) is 5.07. The number of azide groups is 1. The van der Waals surface area contributed by atoms with Gasteiger partial charge in [-0.05, 0) is 23.2 Å². The number of benzene rings is 2. The van der Waals surface area contributed by atoms with Gasteiger partial charge in [-0.3, -0.25) is 4.79 Å². The highest BCUT2D eigenvalue weighted by molar-refractivity contribution is 6.05. The van der Waals surface area contributed by atoms with Crippen molar-refractivity contribution in [3.63, 3.8) is 0 Å². The van der Waals surface area contributed by atoms with E-state index >= 15 is 0 Å². The lowest BCUT2D eigenvalue weighted by Crippen LogP contribution is -2.58. The first-order chi connectivity index (χ1) is 9.83. The standard InChI is InChI=1S/C15H12N4O/c16-18-17-13-14(11-7-3-1-4-8-11)19(15(13)20)12-9-5-2-6-10-12/h1-10,13-14H/t13-,14+/m0/s1. The zero-order valence-electron chi connectivity index (χ0n) is 10.6. The maximum Gasteiger partial charge on any atom is 0.239 e. The fourth-order valence-electron chi connectivity index (χ4n) is 2.50. The topological polar surface area (TPSA) is 69.1 Å². The summed E-state index contributed by atoms with van der Waals surface area (Å²) in [5.41, 5.74) is 10.4. The minimum absolute atomic E-state index is 0.164. The van der Waals surface area contributed by atoms with Gasteiger partial charge in [0.05, 0.1) is 6.04 Å². The zero-order chi connectivity index (χ0) is 13.9. The molecule has 1 heterocycles. The molecule has 1 aliphatic rings. The third-order valence-corrected chi connectivity index (χ3v) is 3.42. The van der Waals surface area contributed by atoms with Crippen LogP contribution in [-0.2, 0) is 4.79 Å². The minimum Gasteiger partial charge on any atom is -0.304 e. The maximum absolute atomic E-state index is 12.2. The van der Waals surface area contributed by atoms with Gasteiger partial charge < -0.3 is 4.90 Å². The molecule has 0 unspecified atom stereocenters. The van der Waals surface area contributed by atoms with Crippen LogP contribution >= 0.6 is 0 Å². The normalized spacial score (nSPS) is 21.0. The van der Waals surface area contributed by atoms with Gasteiger partial charge in [0.2, 0.25) is 5.91 Å². The molecule has 0 spiro atoms. The van der Waals surface area contributed by atoms with Gasteiger partial charge in [0.25, 0.3) is 0 Å². The smallest absolute Gasteiger partial charge is 0.239 e. The Morgan fingerprint density at radius 3 is 2.20 bits per heavy atom. The van der Waals surface area contributed by atoms with Gasteiger partial charge in [-0.25, -0.2) is 0 Å². The molecule has 0 N–H and O–H groups in total. The summed E-state index contributed by atoms with van der Waals surface area (Å²) in [6.07, 6.45) is 0. The third kappa shape index (κ3) is 1.90. The molecule has 5 nitrogen and oxygen atoms in total. The predicted octanol–water partition coefficient (Wildman–Crippen LogP) is 3.45. The summed E-state index contributed by atoms with van der Waals surface area (Å²) in [6.45, 7) is 0. The Kier molecular flexibility index (Phi) is 3.11. The summed E-state index contributed by atoms with van der Waals surface area (Å²) in [6, 6.07) is 18.1. The summed E-state index contributed by atoms with van der Waals surface area (Å²) in [5, 5.41) is 3.63. The van der Waals surface area contributed by atoms with Crippen molar-refractivity contribution in [2.75, 3.05) is 4.90 Å². The van der Waals surface area contributed by atoms with Crippen molar-refractivity contribution in [2.24, 2.45) is 5.11 Å². The van der Waals surface area contributed by atoms with Crippen molar-refractivity contribution in [1.29, 1.82) is 0 Å². The van der Waals surface area contributed by atoms with E-state index in [1.54, 1.807) is 4.90 Å². The summed E-state index contributed by atoms with van der Waals surface area (Å²) in [4.78, 5) is 16.7. The first kappa shape index (κ1) is 12.3. The highest BCUT2D eigenvalue weighted by Gasteiger charge is 2.48. The lowest BCUT2D eigenvalue weighted by molar-refractivity contribution is -0.126. The number of hydrogen-bond acceptors (Lipinski definition) is 2. The number of amides is 1. The number of hydrogen-bond donors (Lipinski definition) is 0. The van der Waals surface area contributed by atoms with Crippen molar-refractivity contribution in [3.05, 3.63) is 76.7 Å². The summed E-state index contributed by atoms with van der Waals surface area (Å²) in [5.74, 6) is -0.164. The Labute approximate surface area is 116 Å². The molecule has 1 saturated heterocycles. The van der Waals surface area contributed by atoms with E-state index in [4.69, 9.17) is 5.53 Å². The van der Waals surface area contributed by atoms with Crippen molar-refractivity contribution in [3.8, 4) is 0 Å². The van der Waals surface area contributed by atoms with E-state index in [-0.39, 0.29) is 11.9 Å². The lowest BCUT2D eigenvalue weighted by atomic mass is 9.88. The summed E-state index contributed by atoms with van der Waals surface area (Å²) >= 11 is 0. The molecule has 0 radical (unpaired) electrons. The van der Waals surface area contributed by atoms with E-state index in [2.05, 4.69) is 10.0 Å².